The maximum atomic E-state index is 13.4. The highest BCUT2D eigenvalue weighted by atomic mass is 19.4. The normalized spacial score (nSPS) is 28.4. The van der Waals surface area contributed by atoms with E-state index in [0.29, 0.717) is 43.1 Å². The summed E-state index contributed by atoms with van der Waals surface area (Å²) < 4.78 is 40.2. The standard InChI is InChI=1S/C24H28F3N3O/c1-15-17-8-9-21(17)29-22(18(15)6-4-12-28)23(31)30-13-10-16(11-14-30)19-5-2-3-7-20(19)24(25,26)27/h2-7,12,15-17,21H,8-11,13-14,28H2,1H3/b12-4-,18-6+/t15?,17?,21-/m1/s1. The minimum atomic E-state index is -4.37. The number of allylic oxidation sites excluding steroid dienone is 2. The first-order valence-electron chi connectivity index (χ1n) is 10.9. The lowest BCUT2D eigenvalue weighted by molar-refractivity contribution is -0.138. The molecule has 0 aromatic heterocycles. The van der Waals surface area contributed by atoms with Crippen molar-refractivity contribution < 1.29 is 18.0 Å². The summed E-state index contributed by atoms with van der Waals surface area (Å²) in [5.41, 5.74) is 6.68. The SMILES string of the molecule is CC1/C(=C\C=C/N)C(C(=O)N2CCC(c3ccccc3C(F)(F)F)CC2)=N[C@@H]2CCC12. The Morgan fingerprint density at radius 2 is 1.87 bits per heavy atom. The van der Waals surface area contributed by atoms with Gasteiger partial charge < -0.3 is 10.6 Å². The van der Waals surface area contributed by atoms with E-state index in [2.05, 4.69) is 6.92 Å². The van der Waals surface area contributed by atoms with Crippen LogP contribution in [-0.2, 0) is 11.0 Å². The van der Waals surface area contributed by atoms with Gasteiger partial charge in [0, 0.05) is 13.1 Å². The lowest BCUT2D eigenvalue weighted by atomic mass is 9.66. The van der Waals surface area contributed by atoms with Gasteiger partial charge in [0.25, 0.3) is 5.91 Å². The van der Waals surface area contributed by atoms with E-state index in [1.807, 2.05) is 6.08 Å². The minimum Gasteiger partial charge on any atom is -0.405 e. The maximum absolute atomic E-state index is 13.4. The Balaban J connectivity index is 1.50. The summed E-state index contributed by atoms with van der Waals surface area (Å²) in [5, 5.41) is 0. The Morgan fingerprint density at radius 3 is 2.48 bits per heavy atom. The van der Waals surface area contributed by atoms with Gasteiger partial charge in [0.15, 0.2) is 0 Å². The number of amides is 1. The summed E-state index contributed by atoms with van der Waals surface area (Å²) in [6.45, 7) is 2.99. The second-order valence-electron chi connectivity index (χ2n) is 8.73. The average molecular weight is 432 g/mol. The van der Waals surface area contributed by atoms with Crippen LogP contribution in [0, 0.1) is 11.8 Å². The van der Waals surface area contributed by atoms with Crippen LogP contribution in [0.3, 0.4) is 0 Å². The van der Waals surface area contributed by atoms with E-state index in [1.54, 1.807) is 23.1 Å². The van der Waals surface area contributed by atoms with Gasteiger partial charge in [-0.05, 0) is 72.9 Å². The van der Waals surface area contributed by atoms with Gasteiger partial charge >= 0.3 is 6.18 Å². The zero-order valence-corrected chi connectivity index (χ0v) is 17.6. The number of halogens is 3. The molecule has 1 aliphatic carbocycles. The number of nitrogens with two attached hydrogens (primary N) is 1. The molecule has 0 bridgehead atoms. The summed E-state index contributed by atoms with van der Waals surface area (Å²) in [6, 6.07) is 5.97. The van der Waals surface area contributed by atoms with Crippen molar-refractivity contribution in [2.45, 2.75) is 50.7 Å². The number of aliphatic imine (C=N–C) groups is 1. The molecule has 4 rings (SSSR count). The molecule has 1 saturated heterocycles. The first-order chi connectivity index (χ1) is 14.8. The Bertz CT molecular complexity index is 926. The van der Waals surface area contributed by atoms with Crippen LogP contribution in [0.5, 0.6) is 0 Å². The molecular formula is C24H28F3N3O. The number of alkyl halides is 3. The van der Waals surface area contributed by atoms with Gasteiger partial charge in [-0.2, -0.15) is 13.2 Å². The molecule has 1 saturated carbocycles. The van der Waals surface area contributed by atoms with E-state index in [4.69, 9.17) is 10.7 Å². The number of piperidine rings is 1. The molecule has 2 N–H and O–H groups in total. The van der Waals surface area contributed by atoms with Gasteiger partial charge in [-0.15, -0.1) is 0 Å². The number of carbonyl (C=O) groups excluding carboxylic acids is 1. The topological polar surface area (TPSA) is 58.7 Å². The Morgan fingerprint density at radius 1 is 1.16 bits per heavy atom. The summed E-state index contributed by atoms with van der Waals surface area (Å²) in [6.07, 6.45) is 3.82. The maximum Gasteiger partial charge on any atom is 0.416 e. The number of nitrogens with zero attached hydrogens (tertiary/aromatic N) is 2. The van der Waals surface area contributed by atoms with Crippen molar-refractivity contribution >= 4 is 11.6 Å². The highest BCUT2D eigenvalue weighted by molar-refractivity contribution is 6.45. The van der Waals surface area contributed by atoms with Crippen LogP contribution in [0.2, 0.25) is 0 Å². The predicted molar refractivity (Wildman–Crippen MR) is 115 cm³/mol. The van der Waals surface area contributed by atoms with Crippen molar-refractivity contribution in [3.8, 4) is 0 Å². The summed E-state index contributed by atoms with van der Waals surface area (Å²) in [7, 11) is 0. The zero-order chi connectivity index (χ0) is 22.2. The van der Waals surface area contributed by atoms with E-state index in [0.717, 1.165) is 24.5 Å². The molecule has 1 aromatic carbocycles. The average Bonchev–Trinajstić information content (AvgIpc) is 2.73. The Hall–Kier alpha value is -2.57. The fourth-order valence-corrected chi connectivity index (χ4v) is 5.16. The first kappa shape index (κ1) is 21.7. The molecule has 2 heterocycles. The lowest BCUT2D eigenvalue weighted by Gasteiger charge is -2.44. The third-order valence-corrected chi connectivity index (χ3v) is 7.07. The minimum absolute atomic E-state index is 0.114. The second-order valence-corrected chi connectivity index (χ2v) is 8.73. The third-order valence-electron chi connectivity index (χ3n) is 7.07. The highest BCUT2D eigenvalue weighted by Crippen LogP contribution is 2.44. The van der Waals surface area contributed by atoms with Crippen LogP contribution in [-0.4, -0.2) is 35.7 Å². The van der Waals surface area contributed by atoms with Crippen LogP contribution in [0.25, 0.3) is 0 Å². The number of hydrogen-bond donors (Lipinski definition) is 1. The van der Waals surface area contributed by atoms with Gasteiger partial charge in [-0.3, -0.25) is 9.79 Å². The number of fused-ring (bicyclic) bond motifs is 1. The molecule has 4 nitrogen and oxygen atoms in total. The fraction of sp³-hybridized carbons (Fsp3) is 0.500. The molecule has 31 heavy (non-hydrogen) atoms. The molecule has 0 radical (unpaired) electrons. The monoisotopic (exact) mass is 431 g/mol. The molecule has 3 aliphatic rings. The molecule has 166 valence electrons. The number of likely N-dealkylation sites (tertiary alicyclic amines) is 1. The lowest BCUT2D eigenvalue weighted by Crippen LogP contribution is -2.48. The van der Waals surface area contributed by atoms with Crippen LogP contribution in [0.15, 0.2) is 53.2 Å². The number of benzene rings is 1. The Labute approximate surface area is 180 Å². The van der Waals surface area contributed by atoms with Crippen molar-refractivity contribution in [3.05, 3.63) is 59.3 Å². The summed E-state index contributed by atoms with van der Waals surface area (Å²) >= 11 is 0. The molecule has 1 aromatic rings. The fourth-order valence-electron chi connectivity index (χ4n) is 5.16. The molecule has 0 spiro atoms. The molecule has 2 aliphatic heterocycles. The van der Waals surface area contributed by atoms with Crippen molar-refractivity contribution in [1.82, 2.24) is 4.90 Å². The van der Waals surface area contributed by atoms with E-state index in [-0.39, 0.29) is 23.8 Å². The smallest absolute Gasteiger partial charge is 0.405 e. The van der Waals surface area contributed by atoms with Crippen LogP contribution in [0.4, 0.5) is 13.2 Å². The summed E-state index contributed by atoms with van der Waals surface area (Å²) in [5.74, 6) is 0.387. The molecule has 2 unspecified atom stereocenters. The molecule has 3 atom stereocenters. The highest BCUT2D eigenvalue weighted by Gasteiger charge is 2.43. The van der Waals surface area contributed by atoms with Crippen molar-refractivity contribution in [2.75, 3.05) is 13.1 Å². The second kappa shape index (κ2) is 8.52. The van der Waals surface area contributed by atoms with Gasteiger partial charge in [0.1, 0.15) is 5.71 Å². The van der Waals surface area contributed by atoms with E-state index >= 15 is 0 Å². The summed E-state index contributed by atoms with van der Waals surface area (Å²) in [4.78, 5) is 19.9. The van der Waals surface area contributed by atoms with Crippen LogP contribution in [0.1, 0.15) is 49.7 Å². The van der Waals surface area contributed by atoms with Crippen LogP contribution < -0.4 is 5.73 Å². The number of rotatable bonds is 3. The van der Waals surface area contributed by atoms with Gasteiger partial charge in [0.2, 0.25) is 0 Å². The van der Waals surface area contributed by atoms with E-state index < -0.39 is 11.7 Å². The van der Waals surface area contributed by atoms with Crippen molar-refractivity contribution in [2.24, 2.45) is 22.6 Å². The zero-order valence-electron chi connectivity index (χ0n) is 17.6. The van der Waals surface area contributed by atoms with Crippen molar-refractivity contribution in [3.63, 3.8) is 0 Å². The third kappa shape index (κ3) is 4.14. The first-order valence-corrected chi connectivity index (χ1v) is 10.9. The number of hydrogen-bond acceptors (Lipinski definition) is 3. The molecule has 1 amide bonds. The van der Waals surface area contributed by atoms with E-state index in [1.165, 1.54) is 12.3 Å². The van der Waals surface area contributed by atoms with E-state index in [9.17, 15) is 18.0 Å². The van der Waals surface area contributed by atoms with Gasteiger partial charge in [-0.25, -0.2) is 0 Å². The largest absolute Gasteiger partial charge is 0.416 e. The van der Waals surface area contributed by atoms with Crippen molar-refractivity contribution in [1.29, 1.82) is 0 Å². The predicted octanol–water partition coefficient (Wildman–Crippen LogP) is 4.68. The van der Waals surface area contributed by atoms with Crippen LogP contribution >= 0.6 is 0 Å². The van der Waals surface area contributed by atoms with Gasteiger partial charge in [0.05, 0.1) is 11.6 Å². The quantitative estimate of drug-likeness (QED) is 0.756. The molecular weight excluding hydrogens is 403 g/mol. The Kier molecular flexibility index (Phi) is 5.95. The van der Waals surface area contributed by atoms with Gasteiger partial charge in [-0.1, -0.05) is 31.2 Å². The molecule has 2 fully saturated rings. The number of carbonyl (C=O) groups is 1. The molecule has 7 heteroatoms.